The lowest BCUT2D eigenvalue weighted by Crippen LogP contribution is -2.42. The highest BCUT2D eigenvalue weighted by Crippen LogP contribution is 2.30. The fourth-order valence-electron chi connectivity index (χ4n) is 2.59. The van der Waals surface area contributed by atoms with E-state index in [1.807, 2.05) is 0 Å². The Morgan fingerprint density at radius 3 is 2.57 bits per heavy atom. The van der Waals surface area contributed by atoms with Gasteiger partial charge in [0.15, 0.2) is 12.3 Å². The van der Waals surface area contributed by atoms with Crippen molar-refractivity contribution in [1.29, 1.82) is 0 Å². The maximum absolute atomic E-state index is 12.2. The molecule has 0 aliphatic carbocycles. The van der Waals surface area contributed by atoms with Gasteiger partial charge in [0.05, 0.1) is 5.01 Å². The van der Waals surface area contributed by atoms with Crippen LogP contribution in [-0.2, 0) is 4.74 Å². The summed E-state index contributed by atoms with van der Waals surface area (Å²) in [5, 5.41) is 7.53. The summed E-state index contributed by atoms with van der Waals surface area (Å²) >= 11 is 2.41. The number of carbonyl (C=O) groups excluding carboxylic acids is 3. The zero-order valence-electron chi connectivity index (χ0n) is 14.6. The third-order valence-electron chi connectivity index (χ3n) is 4.02. The van der Waals surface area contributed by atoms with Crippen molar-refractivity contribution in [2.24, 2.45) is 0 Å². The number of aromatic nitrogens is 3. The van der Waals surface area contributed by atoms with Crippen LogP contribution in [0.1, 0.15) is 44.7 Å². The van der Waals surface area contributed by atoms with E-state index >= 15 is 0 Å². The zero-order valence-corrected chi connectivity index (χ0v) is 16.2. The molecule has 0 spiro atoms. The molecule has 1 fully saturated rings. The van der Waals surface area contributed by atoms with Gasteiger partial charge in [0.2, 0.25) is 0 Å². The number of thiazole rings is 1. The first-order valence-electron chi connectivity index (χ1n) is 8.26. The third kappa shape index (κ3) is 4.81. The van der Waals surface area contributed by atoms with Gasteiger partial charge < -0.3 is 9.64 Å². The second-order valence-electron chi connectivity index (χ2n) is 5.79. The number of ether oxygens (including phenoxy) is 1. The Bertz CT molecular complexity index is 883. The van der Waals surface area contributed by atoms with Crippen LogP contribution in [0.25, 0.3) is 0 Å². The van der Waals surface area contributed by atoms with Crippen molar-refractivity contribution in [2.45, 2.75) is 18.8 Å². The summed E-state index contributed by atoms with van der Waals surface area (Å²) in [4.78, 5) is 41.7. The SMILES string of the molecule is C#CCOC(=O)N1CCC(c2nc(C(=O)NNC(=O)c3csnn3)cs2)CC1. The number of hydrazine groups is 1. The number of nitrogens with zero attached hydrogens (tertiary/aromatic N) is 4. The molecule has 1 aliphatic heterocycles. The number of piperidine rings is 1. The van der Waals surface area contributed by atoms with E-state index in [2.05, 4.69) is 31.3 Å². The molecule has 0 radical (unpaired) electrons. The number of hydrogen-bond acceptors (Lipinski definition) is 9. The molecular formula is C16H16N6O4S2. The van der Waals surface area contributed by atoms with Crippen molar-refractivity contribution < 1.29 is 19.1 Å². The van der Waals surface area contributed by atoms with Crippen LogP contribution in [0, 0.1) is 12.3 Å². The van der Waals surface area contributed by atoms with Gasteiger partial charge >= 0.3 is 6.09 Å². The van der Waals surface area contributed by atoms with E-state index < -0.39 is 17.9 Å². The number of hydrogen-bond donors (Lipinski definition) is 2. The summed E-state index contributed by atoms with van der Waals surface area (Å²) in [6, 6.07) is 0. The van der Waals surface area contributed by atoms with Gasteiger partial charge in [-0.05, 0) is 24.4 Å². The largest absolute Gasteiger partial charge is 0.436 e. The fraction of sp³-hybridized carbons (Fsp3) is 0.375. The Hall–Kier alpha value is -3.04. The van der Waals surface area contributed by atoms with E-state index in [1.54, 1.807) is 10.3 Å². The lowest BCUT2D eigenvalue weighted by molar-refractivity contribution is 0.0841. The molecule has 146 valence electrons. The van der Waals surface area contributed by atoms with Gasteiger partial charge in [0, 0.05) is 29.8 Å². The normalized spacial score (nSPS) is 14.2. The fourth-order valence-corrected chi connectivity index (χ4v) is 4.00. The molecule has 0 bridgehead atoms. The van der Waals surface area contributed by atoms with Crippen molar-refractivity contribution in [3.8, 4) is 12.3 Å². The van der Waals surface area contributed by atoms with Gasteiger partial charge in [-0.3, -0.25) is 20.4 Å². The lowest BCUT2D eigenvalue weighted by atomic mass is 9.98. The van der Waals surface area contributed by atoms with Gasteiger partial charge in [-0.15, -0.1) is 22.9 Å². The van der Waals surface area contributed by atoms with Crippen LogP contribution in [-0.4, -0.2) is 57.1 Å². The Morgan fingerprint density at radius 2 is 1.93 bits per heavy atom. The first-order chi connectivity index (χ1) is 13.6. The average molecular weight is 420 g/mol. The average Bonchev–Trinajstić information content (AvgIpc) is 3.42. The first kappa shape index (κ1) is 19.7. The summed E-state index contributed by atoms with van der Waals surface area (Å²) in [7, 11) is 0. The predicted molar refractivity (Wildman–Crippen MR) is 101 cm³/mol. The van der Waals surface area contributed by atoms with Crippen LogP contribution in [0.2, 0.25) is 0 Å². The van der Waals surface area contributed by atoms with Crippen molar-refractivity contribution >= 4 is 40.8 Å². The van der Waals surface area contributed by atoms with Crippen LogP contribution in [0.15, 0.2) is 10.8 Å². The molecule has 3 heterocycles. The van der Waals surface area contributed by atoms with Gasteiger partial charge in [0.1, 0.15) is 5.69 Å². The lowest BCUT2D eigenvalue weighted by Gasteiger charge is -2.30. The van der Waals surface area contributed by atoms with Crippen LogP contribution >= 0.6 is 22.9 Å². The quantitative estimate of drug-likeness (QED) is 0.558. The standard InChI is InChI=1S/C16H16N6O4S2/c1-2-7-26-16(25)22-5-3-10(4-6-22)15-17-11(8-27-15)13(23)19-20-14(24)12-9-28-21-18-12/h1,8-10H,3-7H2,(H,19,23)(H,20,24). The molecule has 0 atom stereocenters. The maximum Gasteiger partial charge on any atom is 0.410 e. The van der Waals surface area contributed by atoms with Crippen molar-refractivity contribution in [3.63, 3.8) is 0 Å². The third-order valence-corrected chi connectivity index (χ3v) is 5.53. The summed E-state index contributed by atoms with van der Waals surface area (Å²) < 4.78 is 8.50. The monoisotopic (exact) mass is 420 g/mol. The van der Waals surface area contributed by atoms with E-state index in [-0.39, 0.29) is 23.9 Å². The second kappa shape index (κ2) is 9.25. The molecule has 0 aromatic carbocycles. The van der Waals surface area contributed by atoms with Gasteiger partial charge in [-0.25, -0.2) is 9.78 Å². The van der Waals surface area contributed by atoms with Crippen LogP contribution in [0.4, 0.5) is 4.79 Å². The van der Waals surface area contributed by atoms with E-state index in [4.69, 9.17) is 11.2 Å². The van der Waals surface area contributed by atoms with Crippen molar-refractivity contribution in [3.05, 3.63) is 27.2 Å². The van der Waals surface area contributed by atoms with Gasteiger partial charge in [-0.2, -0.15) is 0 Å². The van der Waals surface area contributed by atoms with Gasteiger partial charge in [0.25, 0.3) is 11.8 Å². The molecule has 0 unspecified atom stereocenters. The maximum atomic E-state index is 12.2. The zero-order chi connectivity index (χ0) is 19.9. The highest BCUT2D eigenvalue weighted by molar-refractivity contribution is 7.09. The van der Waals surface area contributed by atoms with Crippen molar-refractivity contribution in [2.75, 3.05) is 19.7 Å². The molecule has 10 nitrogen and oxygen atoms in total. The Balaban J connectivity index is 1.49. The number of rotatable bonds is 4. The molecule has 12 heteroatoms. The topological polar surface area (TPSA) is 126 Å². The number of likely N-dealkylation sites (tertiary alicyclic amines) is 1. The minimum Gasteiger partial charge on any atom is -0.436 e. The van der Waals surface area contributed by atoms with Crippen LogP contribution in [0.3, 0.4) is 0 Å². The predicted octanol–water partition coefficient (Wildman–Crippen LogP) is 1.02. The van der Waals surface area contributed by atoms with E-state index in [1.165, 1.54) is 16.7 Å². The minimum absolute atomic E-state index is 0.0424. The number of terminal acetylenes is 1. The highest BCUT2D eigenvalue weighted by Gasteiger charge is 2.27. The number of carbonyl (C=O) groups is 3. The van der Waals surface area contributed by atoms with Crippen LogP contribution in [0.5, 0.6) is 0 Å². The van der Waals surface area contributed by atoms with Crippen LogP contribution < -0.4 is 10.9 Å². The van der Waals surface area contributed by atoms with Gasteiger partial charge in [-0.1, -0.05) is 10.4 Å². The van der Waals surface area contributed by atoms with E-state index in [9.17, 15) is 14.4 Å². The molecule has 3 amide bonds. The minimum atomic E-state index is -0.554. The number of amides is 3. The second-order valence-corrected chi connectivity index (χ2v) is 7.29. The Kier molecular flexibility index (Phi) is 6.51. The van der Waals surface area contributed by atoms with E-state index in [0.29, 0.717) is 25.9 Å². The summed E-state index contributed by atoms with van der Waals surface area (Å²) in [6.45, 7) is 1.03. The van der Waals surface area contributed by atoms with Crippen molar-refractivity contribution in [1.82, 2.24) is 30.3 Å². The Morgan fingerprint density at radius 1 is 1.21 bits per heavy atom. The Labute approximate surface area is 168 Å². The molecule has 2 aromatic rings. The molecule has 1 saturated heterocycles. The molecule has 0 saturated carbocycles. The molecule has 28 heavy (non-hydrogen) atoms. The summed E-state index contributed by atoms with van der Waals surface area (Å²) in [5.41, 5.74) is 4.90. The first-order valence-corrected chi connectivity index (χ1v) is 9.98. The molecule has 1 aliphatic rings. The molecule has 2 N–H and O–H groups in total. The summed E-state index contributed by atoms with van der Waals surface area (Å²) in [6.07, 6.45) is 6.10. The smallest absolute Gasteiger partial charge is 0.410 e. The molecular weight excluding hydrogens is 404 g/mol. The molecule has 3 rings (SSSR count). The summed E-state index contributed by atoms with van der Waals surface area (Å²) in [5.74, 6) is 1.34. The number of nitrogens with one attached hydrogen (secondary N) is 2. The highest BCUT2D eigenvalue weighted by atomic mass is 32.1. The van der Waals surface area contributed by atoms with E-state index in [0.717, 1.165) is 16.5 Å². The molecule has 2 aromatic heterocycles.